The summed E-state index contributed by atoms with van der Waals surface area (Å²) in [6.07, 6.45) is 10.7. The van der Waals surface area contributed by atoms with Gasteiger partial charge in [-0.25, -0.2) is 4.39 Å². The molecule has 4 bridgehead atoms. The summed E-state index contributed by atoms with van der Waals surface area (Å²) in [5, 5.41) is 4.29. The third-order valence-electron chi connectivity index (χ3n) is 10.1. The molecule has 0 atom stereocenters. The Hall–Kier alpha value is -2.44. The van der Waals surface area contributed by atoms with Crippen LogP contribution in [0.3, 0.4) is 0 Å². The van der Waals surface area contributed by atoms with Gasteiger partial charge in [-0.2, -0.15) is 4.98 Å². The van der Waals surface area contributed by atoms with Crippen molar-refractivity contribution in [2.45, 2.75) is 101 Å². The molecule has 7 aliphatic rings. The monoisotopic (exact) mass is 493 g/mol. The first-order valence-electron chi connectivity index (χ1n) is 13.9. The van der Waals surface area contributed by atoms with Crippen LogP contribution < -0.4 is 9.64 Å². The third kappa shape index (κ3) is 3.67. The number of alkyl halides is 1. The van der Waals surface area contributed by atoms with E-state index in [1.165, 1.54) is 12.8 Å². The molecule has 6 nitrogen and oxygen atoms in total. The van der Waals surface area contributed by atoms with Crippen LogP contribution in [0.5, 0.6) is 5.75 Å². The minimum atomic E-state index is -0.983. The predicted molar refractivity (Wildman–Crippen MR) is 133 cm³/mol. The van der Waals surface area contributed by atoms with Gasteiger partial charge in [0.05, 0.1) is 6.61 Å². The SMILES string of the molecule is CCOc1cccc(N(CC23CCC(c4nc(C5CC5)no4)(CC2)CC3)C(=O)CC23CC(F)(C2)C3)c1. The number of carbonyl (C=O) groups is 1. The lowest BCUT2D eigenvalue weighted by Gasteiger charge is -2.66. The van der Waals surface area contributed by atoms with Crippen LogP contribution in [0.25, 0.3) is 0 Å². The molecule has 0 radical (unpaired) electrons. The molecule has 192 valence electrons. The molecule has 0 unspecified atom stereocenters. The molecule has 1 aromatic heterocycles. The maximum absolute atomic E-state index is 14.2. The molecule has 7 heteroatoms. The first-order chi connectivity index (χ1) is 17.3. The molecule has 2 aromatic rings. The number of ether oxygens (including phenoxy) is 1. The number of amides is 1. The molecular formula is C29H36FN3O3. The highest BCUT2D eigenvalue weighted by molar-refractivity contribution is 5.94. The zero-order valence-corrected chi connectivity index (χ0v) is 21.2. The number of anilines is 1. The van der Waals surface area contributed by atoms with Crippen molar-refractivity contribution in [2.24, 2.45) is 10.8 Å². The summed E-state index contributed by atoms with van der Waals surface area (Å²) in [5.41, 5.74) is -0.0881. The van der Waals surface area contributed by atoms with Crippen LogP contribution in [0.15, 0.2) is 28.8 Å². The van der Waals surface area contributed by atoms with Crippen molar-refractivity contribution in [3.8, 4) is 5.75 Å². The van der Waals surface area contributed by atoms with Gasteiger partial charge in [-0.15, -0.1) is 0 Å². The summed E-state index contributed by atoms with van der Waals surface area (Å²) in [7, 11) is 0. The smallest absolute Gasteiger partial charge is 0.232 e. The third-order valence-corrected chi connectivity index (χ3v) is 10.1. The van der Waals surface area contributed by atoms with E-state index in [1.807, 2.05) is 36.1 Å². The molecule has 1 heterocycles. The predicted octanol–water partition coefficient (Wildman–Crippen LogP) is 6.25. The topological polar surface area (TPSA) is 68.5 Å². The summed E-state index contributed by atoms with van der Waals surface area (Å²) < 4.78 is 25.7. The zero-order valence-electron chi connectivity index (χ0n) is 21.2. The molecule has 36 heavy (non-hydrogen) atoms. The van der Waals surface area contributed by atoms with Gasteiger partial charge in [0.2, 0.25) is 11.8 Å². The zero-order chi connectivity index (χ0) is 24.6. The van der Waals surface area contributed by atoms with E-state index in [1.54, 1.807) is 0 Å². The van der Waals surface area contributed by atoms with E-state index in [9.17, 15) is 9.18 Å². The number of aromatic nitrogens is 2. The van der Waals surface area contributed by atoms with Gasteiger partial charge in [-0.05, 0) is 101 Å². The first-order valence-corrected chi connectivity index (χ1v) is 13.9. The fraction of sp³-hybridized carbons (Fsp3) is 0.690. The Kier molecular flexibility index (Phi) is 4.91. The van der Waals surface area contributed by atoms with Gasteiger partial charge >= 0.3 is 0 Å². The van der Waals surface area contributed by atoms with Crippen LogP contribution >= 0.6 is 0 Å². The summed E-state index contributed by atoms with van der Waals surface area (Å²) in [6.45, 7) is 3.27. The number of carbonyl (C=O) groups excluding carboxylic acids is 1. The van der Waals surface area contributed by atoms with Gasteiger partial charge in [-0.3, -0.25) is 4.79 Å². The number of benzene rings is 1. The number of rotatable bonds is 9. The fourth-order valence-corrected chi connectivity index (χ4v) is 7.81. The van der Waals surface area contributed by atoms with Crippen LogP contribution in [0.1, 0.15) is 102 Å². The Morgan fingerprint density at radius 1 is 1.11 bits per heavy atom. The number of hydrogen-bond donors (Lipinski definition) is 0. The second kappa shape index (κ2) is 7.78. The highest BCUT2D eigenvalue weighted by Gasteiger charge is 2.69. The number of halogens is 1. The van der Waals surface area contributed by atoms with Crippen LogP contribution in [-0.2, 0) is 10.2 Å². The van der Waals surface area contributed by atoms with E-state index in [-0.39, 0.29) is 22.2 Å². The van der Waals surface area contributed by atoms with Crippen molar-refractivity contribution >= 4 is 11.6 Å². The highest BCUT2D eigenvalue weighted by Crippen LogP contribution is 2.71. The van der Waals surface area contributed by atoms with Gasteiger partial charge in [0.25, 0.3) is 0 Å². The fourth-order valence-electron chi connectivity index (χ4n) is 7.81. The molecule has 1 aromatic carbocycles. The summed E-state index contributed by atoms with van der Waals surface area (Å²) in [5.74, 6) is 3.17. The van der Waals surface area contributed by atoms with Crippen molar-refractivity contribution in [3.63, 3.8) is 0 Å². The van der Waals surface area contributed by atoms with E-state index in [4.69, 9.17) is 14.2 Å². The Morgan fingerprint density at radius 2 is 1.83 bits per heavy atom. The Balaban J connectivity index is 1.10. The van der Waals surface area contributed by atoms with Gasteiger partial charge in [0.15, 0.2) is 5.82 Å². The van der Waals surface area contributed by atoms with Crippen LogP contribution in [-0.4, -0.2) is 34.9 Å². The second-order valence-corrected chi connectivity index (χ2v) is 12.8. The van der Waals surface area contributed by atoms with Crippen molar-refractivity contribution in [1.82, 2.24) is 10.1 Å². The molecule has 0 spiro atoms. The van der Waals surface area contributed by atoms with Gasteiger partial charge in [0, 0.05) is 36.1 Å². The van der Waals surface area contributed by atoms with Crippen LogP contribution in [0.2, 0.25) is 0 Å². The van der Waals surface area contributed by atoms with E-state index in [0.717, 1.165) is 61.7 Å². The second-order valence-electron chi connectivity index (χ2n) is 12.8. The van der Waals surface area contributed by atoms with Crippen molar-refractivity contribution in [3.05, 3.63) is 36.0 Å². The summed E-state index contributed by atoms with van der Waals surface area (Å²) in [6, 6.07) is 7.92. The van der Waals surface area contributed by atoms with Crippen molar-refractivity contribution in [2.75, 3.05) is 18.1 Å². The average molecular weight is 494 g/mol. The molecule has 9 rings (SSSR count). The molecule has 0 saturated heterocycles. The van der Waals surface area contributed by atoms with Gasteiger partial charge < -0.3 is 14.2 Å². The van der Waals surface area contributed by atoms with E-state index in [0.29, 0.717) is 44.8 Å². The lowest BCUT2D eigenvalue weighted by molar-refractivity contribution is -0.215. The Bertz CT molecular complexity index is 1140. The lowest BCUT2D eigenvalue weighted by Crippen LogP contribution is -2.65. The molecule has 0 aliphatic heterocycles. The maximum Gasteiger partial charge on any atom is 0.232 e. The van der Waals surface area contributed by atoms with Crippen LogP contribution in [0.4, 0.5) is 10.1 Å². The first kappa shape index (κ1) is 22.7. The standard InChI is InChI=1S/C29H36FN3O3/c1-2-35-22-5-3-4-21(14-22)33(23(34)15-27-16-29(30,17-27)18-27)19-26-8-11-28(12-9-26,13-10-26)25-31-24(32-36-25)20-6-7-20/h3-5,14,20H,2,6-13,15-19H2,1H3. The quantitative estimate of drug-likeness (QED) is 0.413. The molecule has 7 aliphatic carbocycles. The minimum Gasteiger partial charge on any atom is -0.494 e. The van der Waals surface area contributed by atoms with Gasteiger partial charge in [0.1, 0.15) is 11.4 Å². The Morgan fingerprint density at radius 3 is 2.47 bits per heavy atom. The highest BCUT2D eigenvalue weighted by atomic mass is 19.1. The largest absolute Gasteiger partial charge is 0.494 e. The average Bonchev–Trinajstić information content (AvgIpc) is 3.58. The van der Waals surface area contributed by atoms with E-state index < -0.39 is 5.67 Å². The molecule has 0 N–H and O–H groups in total. The van der Waals surface area contributed by atoms with E-state index >= 15 is 0 Å². The van der Waals surface area contributed by atoms with Crippen molar-refractivity contribution < 1.29 is 18.4 Å². The van der Waals surface area contributed by atoms with Crippen LogP contribution in [0, 0.1) is 10.8 Å². The molecular weight excluding hydrogens is 457 g/mol. The normalized spacial score (nSPS) is 36.2. The summed E-state index contributed by atoms with van der Waals surface area (Å²) >= 11 is 0. The maximum atomic E-state index is 14.2. The number of nitrogens with zero attached hydrogens (tertiary/aromatic N) is 3. The minimum absolute atomic E-state index is 0.00684. The van der Waals surface area contributed by atoms with Gasteiger partial charge in [-0.1, -0.05) is 11.2 Å². The van der Waals surface area contributed by atoms with E-state index in [2.05, 4.69) is 5.16 Å². The summed E-state index contributed by atoms with van der Waals surface area (Å²) in [4.78, 5) is 20.6. The molecule has 1 amide bonds. The molecule has 7 saturated carbocycles. The number of fused-ring (bicyclic) bond motifs is 3. The Labute approximate surface area is 212 Å². The van der Waals surface area contributed by atoms with Crippen molar-refractivity contribution in [1.29, 1.82) is 0 Å². The molecule has 7 fully saturated rings. The lowest BCUT2D eigenvalue weighted by atomic mass is 9.41. The number of hydrogen-bond acceptors (Lipinski definition) is 5.